The first-order chi connectivity index (χ1) is 13.8. The van der Waals surface area contributed by atoms with Crippen LogP contribution in [0.15, 0.2) is 48.7 Å². The highest BCUT2D eigenvalue weighted by Gasteiger charge is 2.18. The summed E-state index contributed by atoms with van der Waals surface area (Å²) in [5.41, 5.74) is 1.18. The first-order valence-corrected chi connectivity index (χ1v) is 9.06. The molecule has 8 nitrogen and oxygen atoms in total. The molecule has 0 fully saturated rings. The molecule has 150 valence electrons. The number of esters is 1. The number of nitrogens with one attached hydrogen (secondary N) is 1. The number of nitro benzene ring substituents is 1. The second-order valence-corrected chi connectivity index (χ2v) is 7.11. The van der Waals surface area contributed by atoms with Crippen LogP contribution in [0.25, 0.3) is 10.9 Å². The molecule has 1 aromatic heterocycles. The van der Waals surface area contributed by atoms with Gasteiger partial charge in [-0.05, 0) is 36.2 Å². The van der Waals surface area contributed by atoms with Crippen molar-refractivity contribution < 1.29 is 19.2 Å². The summed E-state index contributed by atoms with van der Waals surface area (Å²) in [7, 11) is 1.17. The van der Waals surface area contributed by atoms with Crippen LogP contribution in [0, 0.1) is 16.0 Å². The Morgan fingerprint density at radius 1 is 1.14 bits per heavy atom. The number of non-ortho nitro benzene ring substituents is 1. The highest BCUT2D eigenvalue weighted by atomic mass is 16.6. The van der Waals surface area contributed by atoms with Gasteiger partial charge in [0, 0.05) is 47.0 Å². The van der Waals surface area contributed by atoms with Crippen molar-refractivity contribution in [3.63, 3.8) is 0 Å². The SMILES string of the molecule is COC(=O)c1cc(C(=O)Nc2ccc3c(ccn3CC(C)C)c2)cc([N+](=O)[O-])c1. The van der Waals surface area contributed by atoms with Crippen molar-refractivity contribution in [2.45, 2.75) is 20.4 Å². The Morgan fingerprint density at radius 3 is 2.52 bits per heavy atom. The Morgan fingerprint density at radius 2 is 1.86 bits per heavy atom. The minimum Gasteiger partial charge on any atom is -0.465 e. The average Bonchev–Trinajstić information content (AvgIpc) is 3.08. The minimum absolute atomic E-state index is 0.00271. The lowest BCUT2D eigenvalue weighted by Crippen LogP contribution is -2.14. The lowest BCUT2D eigenvalue weighted by Gasteiger charge is -2.10. The van der Waals surface area contributed by atoms with E-state index in [0.29, 0.717) is 11.6 Å². The lowest BCUT2D eigenvalue weighted by atomic mass is 10.1. The van der Waals surface area contributed by atoms with Crippen LogP contribution in [-0.2, 0) is 11.3 Å². The van der Waals surface area contributed by atoms with Gasteiger partial charge in [-0.3, -0.25) is 14.9 Å². The predicted molar refractivity (Wildman–Crippen MR) is 109 cm³/mol. The standard InChI is InChI=1S/C21H21N3O5/c1-13(2)12-23-7-6-14-9-17(4-5-19(14)23)22-20(25)15-8-16(21(26)29-3)11-18(10-15)24(27)28/h4-11,13H,12H2,1-3H3,(H,22,25). The molecule has 3 aromatic rings. The Balaban J connectivity index is 1.88. The molecule has 0 aliphatic rings. The van der Waals surface area contributed by atoms with Crippen LogP contribution in [0.1, 0.15) is 34.6 Å². The van der Waals surface area contributed by atoms with E-state index in [1.54, 1.807) is 6.07 Å². The normalized spacial score (nSPS) is 10.9. The molecule has 0 aliphatic carbocycles. The summed E-state index contributed by atoms with van der Waals surface area (Å²) in [5, 5.41) is 14.8. The number of benzene rings is 2. The van der Waals surface area contributed by atoms with Crippen LogP contribution >= 0.6 is 0 Å². The van der Waals surface area contributed by atoms with Crippen molar-refractivity contribution in [1.82, 2.24) is 4.57 Å². The molecule has 0 bridgehead atoms. The predicted octanol–water partition coefficient (Wildman–Crippen LogP) is 4.24. The molecule has 8 heteroatoms. The summed E-state index contributed by atoms with van der Waals surface area (Å²) in [6, 6.07) is 11.0. The number of ether oxygens (including phenoxy) is 1. The number of aromatic nitrogens is 1. The quantitative estimate of drug-likeness (QED) is 0.382. The smallest absolute Gasteiger partial charge is 0.338 e. The third kappa shape index (κ3) is 4.43. The van der Waals surface area contributed by atoms with Crippen LogP contribution in [0.5, 0.6) is 0 Å². The summed E-state index contributed by atoms with van der Waals surface area (Å²) in [4.78, 5) is 34.9. The second kappa shape index (κ2) is 8.14. The largest absolute Gasteiger partial charge is 0.465 e. The molecular formula is C21H21N3O5. The molecule has 0 saturated carbocycles. The van der Waals surface area contributed by atoms with E-state index in [2.05, 4.69) is 28.5 Å². The summed E-state index contributed by atoms with van der Waals surface area (Å²) >= 11 is 0. The number of methoxy groups -OCH3 is 1. The van der Waals surface area contributed by atoms with Crippen molar-refractivity contribution in [3.8, 4) is 0 Å². The van der Waals surface area contributed by atoms with E-state index in [-0.39, 0.29) is 16.8 Å². The fourth-order valence-corrected chi connectivity index (χ4v) is 3.12. The zero-order valence-corrected chi connectivity index (χ0v) is 16.3. The van der Waals surface area contributed by atoms with Crippen molar-refractivity contribution in [2.24, 2.45) is 5.92 Å². The lowest BCUT2D eigenvalue weighted by molar-refractivity contribution is -0.384. The third-order valence-electron chi connectivity index (χ3n) is 4.40. The summed E-state index contributed by atoms with van der Waals surface area (Å²) in [5.74, 6) is -0.807. The van der Waals surface area contributed by atoms with Crippen LogP contribution in [-0.4, -0.2) is 28.5 Å². The number of rotatable bonds is 6. The molecule has 0 atom stereocenters. The highest BCUT2D eigenvalue weighted by molar-refractivity contribution is 6.07. The molecule has 1 amide bonds. The number of carbonyl (C=O) groups is 2. The van der Waals surface area contributed by atoms with Gasteiger partial charge >= 0.3 is 5.97 Å². The van der Waals surface area contributed by atoms with Crippen LogP contribution < -0.4 is 5.32 Å². The summed E-state index contributed by atoms with van der Waals surface area (Å²) < 4.78 is 6.75. The van der Waals surface area contributed by atoms with E-state index >= 15 is 0 Å². The van der Waals surface area contributed by atoms with Gasteiger partial charge in [-0.25, -0.2) is 4.79 Å². The molecule has 1 heterocycles. The first kappa shape index (κ1) is 20.1. The second-order valence-electron chi connectivity index (χ2n) is 7.11. The van der Waals surface area contributed by atoms with Crippen LogP contribution in [0.2, 0.25) is 0 Å². The number of carbonyl (C=O) groups excluding carboxylic acids is 2. The molecule has 0 spiro atoms. The topological polar surface area (TPSA) is 103 Å². The van der Waals surface area contributed by atoms with Gasteiger partial charge in [0.1, 0.15) is 0 Å². The number of nitrogens with zero attached hydrogens (tertiary/aromatic N) is 2. The minimum atomic E-state index is -0.754. The Labute approximate surface area is 167 Å². The van der Waals surface area contributed by atoms with Gasteiger partial charge in [0.2, 0.25) is 0 Å². The summed E-state index contributed by atoms with van der Waals surface area (Å²) in [6.45, 7) is 5.17. The highest BCUT2D eigenvalue weighted by Crippen LogP contribution is 2.23. The number of anilines is 1. The first-order valence-electron chi connectivity index (χ1n) is 9.06. The van der Waals surface area contributed by atoms with Gasteiger partial charge in [-0.1, -0.05) is 13.8 Å². The van der Waals surface area contributed by atoms with Crippen LogP contribution in [0.3, 0.4) is 0 Å². The van der Waals surface area contributed by atoms with E-state index in [1.807, 2.05) is 24.4 Å². The maximum Gasteiger partial charge on any atom is 0.338 e. The number of fused-ring (bicyclic) bond motifs is 1. The van der Waals surface area contributed by atoms with E-state index in [1.165, 1.54) is 13.2 Å². The number of amides is 1. The maximum absolute atomic E-state index is 12.6. The van der Waals surface area contributed by atoms with E-state index in [9.17, 15) is 19.7 Å². The van der Waals surface area contributed by atoms with Gasteiger partial charge in [0.25, 0.3) is 11.6 Å². The molecule has 1 N–H and O–H groups in total. The molecule has 3 rings (SSSR count). The zero-order valence-electron chi connectivity index (χ0n) is 16.3. The van der Waals surface area contributed by atoms with Crippen molar-refractivity contribution in [2.75, 3.05) is 12.4 Å². The van der Waals surface area contributed by atoms with E-state index in [4.69, 9.17) is 0 Å². The maximum atomic E-state index is 12.6. The molecule has 0 unspecified atom stereocenters. The zero-order chi connectivity index (χ0) is 21.1. The fraction of sp³-hybridized carbons (Fsp3) is 0.238. The number of hydrogen-bond donors (Lipinski definition) is 1. The third-order valence-corrected chi connectivity index (χ3v) is 4.40. The molecule has 0 saturated heterocycles. The number of nitro groups is 1. The average molecular weight is 395 g/mol. The molecule has 2 aromatic carbocycles. The number of hydrogen-bond acceptors (Lipinski definition) is 5. The monoisotopic (exact) mass is 395 g/mol. The van der Waals surface area contributed by atoms with Crippen molar-refractivity contribution in [1.29, 1.82) is 0 Å². The Kier molecular flexibility index (Phi) is 5.63. The van der Waals surface area contributed by atoms with E-state index < -0.39 is 16.8 Å². The molecule has 0 aliphatic heterocycles. The van der Waals surface area contributed by atoms with Gasteiger partial charge in [0.15, 0.2) is 0 Å². The van der Waals surface area contributed by atoms with Gasteiger partial charge in [-0.2, -0.15) is 0 Å². The molecular weight excluding hydrogens is 374 g/mol. The van der Waals surface area contributed by atoms with Gasteiger partial charge in [-0.15, -0.1) is 0 Å². The van der Waals surface area contributed by atoms with Crippen LogP contribution in [0.4, 0.5) is 11.4 Å². The fourth-order valence-electron chi connectivity index (χ4n) is 3.12. The Hall–Kier alpha value is -3.68. The molecule has 0 radical (unpaired) electrons. The molecule has 29 heavy (non-hydrogen) atoms. The van der Waals surface area contributed by atoms with Gasteiger partial charge < -0.3 is 14.6 Å². The Bertz CT molecular complexity index is 1100. The van der Waals surface area contributed by atoms with E-state index in [0.717, 1.165) is 29.6 Å². The van der Waals surface area contributed by atoms with Gasteiger partial charge in [0.05, 0.1) is 17.6 Å². The van der Waals surface area contributed by atoms with Crippen molar-refractivity contribution >= 4 is 34.2 Å². The van der Waals surface area contributed by atoms with Crippen molar-refractivity contribution in [3.05, 3.63) is 69.9 Å². The summed E-state index contributed by atoms with van der Waals surface area (Å²) in [6.07, 6.45) is 2.00.